The number of nitrogens with zero attached hydrogens (tertiary/aromatic N) is 2. The standard InChI is InChI=1S/C26H32N2O4/c27-20-24(26(30)5-4-13-31-15-16-32-14-12-29)18-21-6-7-23-19-25(9-8-22(23)17-21)28-10-2-1-3-11-28/h6-9,17-19,29H,1-5,10-16H2/b24-18+. The molecule has 3 rings (SSSR count). The Bertz CT molecular complexity index is 958. The van der Waals surface area contributed by atoms with Crippen LogP contribution in [0.4, 0.5) is 5.69 Å². The molecule has 0 aromatic heterocycles. The van der Waals surface area contributed by atoms with Crippen molar-refractivity contribution in [3.8, 4) is 6.07 Å². The fourth-order valence-electron chi connectivity index (χ4n) is 3.89. The van der Waals surface area contributed by atoms with Crippen LogP contribution in [0.2, 0.25) is 0 Å². The molecule has 2 aromatic carbocycles. The van der Waals surface area contributed by atoms with Crippen molar-refractivity contribution in [2.45, 2.75) is 32.1 Å². The van der Waals surface area contributed by atoms with Gasteiger partial charge < -0.3 is 19.5 Å². The van der Waals surface area contributed by atoms with E-state index in [-0.39, 0.29) is 24.4 Å². The van der Waals surface area contributed by atoms with Gasteiger partial charge in [0.25, 0.3) is 0 Å². The van der Waals surface area contributed by atoms with Crippen LogP contribution in [0, 0.1) is 11.3 Å². The lowest BCUT2D eigenvalue weighted by Crippen LogP contribution is -2.29. The molecule has 1 saturated heterocycles. The van der Waals surface area contributed by atoms with Gasteiger partial charge in [0.1, 0.15) is 6.07 Å². The van der Waals surface area contributed by atoms with Crippen molar-refractivity contribution in [3.63, 3.8) is 0 Å². The van der Waals surface area contributed by atoms with Crippen molar-refractivity contribution in [2.75, 3.05) is 51.0 Å². The van der Waals surface area contributed by atoms with Crippen LogP contribution in [-0.4, -0.2) is 57.0 Å². The Balaban J connectivity index is 1.55. The molecule has 0 unspecified atom stereocenters. The van der Waals surface area contributed by atoms with Crippen molar-refractivity contribution in [1.29, 1.82) is 5.26 Å². The highest BCUT2D eigenvalue weighted by atomic mass is 16.5. The molecule has 170 valence electrons. The van der Waals surface area contributed by atoms with Gasteiger partial charge in [0, 0.05) is 31.8 Å². The van der Waals surface area contributed by atoms with Crippen molar-refractivity contribution in [3.05, 3.63) is 47.5 Å². The second-order valence-electron chi connectivity index (χ2n) is 7.98. The number of hydrogen-bond donors (Lipinski definition) is 1. The van der Waals surface area contributed by atoms with Gasteiger partial charge in [0.05, 0.1) is 32.0 Å². The topological polar surface area (TPSA) is 82.8 Å². The highest BCUT2D eigenvalue weighted by Gasteiger charge is 2.12. The quantitative estimate of drug-likeness (QED) is 0.306. The summed E-state index contributed by atoms with van der Waals surface area (Å²) in [6, 6.07) is 14.6. The Kier molecular flexibility index (Phi) is 9.70. The van der Waals surface area contributed by atoms with E-state index in [0.717, 1.165) is 29.4 Å². The Morgan fingerprint density at radius 2 is 1.72 bits per heavy atom. The number of aliphatic hydroxyl groups excluding tert-OH is 1. The molecule has 1 heterocycles. The fourth-order valence-corrected chi connectivity index (χ4v) is 3.89. The van der Waals surface area contributed by atoms with Gasteiger partial charge in [0.2, 0.25) is 0 Å². The molecule has 0 spiro atoms. The maximum absolute atomic E-state index is 12.4. The van der Waals surface area contributed by atoms with Gasteiger partial charge in [-0.1, -0.05) is 18.2 Å². The summed E-state index contributed by atoms with van der Waals surface area (Å²) in [7, 11) is 0. The van der Waals surface area contributed by atoms with E-state index in [4.69, 9.17) is 14.6 Å². The number of rotatable bonds is 12. The highest BCUT2D eigenvalue weighted by Crippen LogP contribution is 2.26. The molecule has 0 radical (unpaired) electrons. The predicted octanol–water partition coefficient (Wildman–Crippen LogP) is 4.11. The summed E-state index contributed by atoms with van der Waals surface area (Å²) in [4.78, 5) is 14.9. The normalized spacial score (nSPS) is 14.5. The predicted molar refractivity (Wildman–Crippen MR) is 127 cm³/mol. The zero-order valence-corrected chi connectivity index (χ0v) is 18.6. The van der Waals surface area contributed by atoms with Crippen LogP contribution >= 0.6 is 0 Å². The van der Waals surface area contributed by atoms with E-state index in [1.165, 1.54) is 24.9 Å². The molecule has 2 aromatic rings. The Morgan fingerprint density at radius 1 is 1.00 bits per heavy atom. The average molecular weight is 437 g/mol. The molecule has 1 N–H and O–H groups in total. The number of carbonyl (C=O) groups excluding carboxylic acids is 1. The lowest BCUT2D eigenvalue weighted by Gasteiger charge is -2.29. The number of hydrogen-bond acceptors (Lipinski definition) is 6. The summed E-state index contributed by atoms with van der Waals surface area (Å²) in [5.41, 5.74) is 2.28. The van der Waals surface area contributed by atoms with E-state index in [9.17, 15) is 10.1 Å². The first-order valence-corrected chi connectivity index (χ1v) is 11.4. The number of ketones is 1. The summed E-state index contributed by atoms with van der Waals surface area (Å²) < 4.78 is 10.5. The third kappa shape index (κ3) is 7.16. The van der Waals surface area contributed by atoms with Crippen molar-refractivity contribution >= 4 is 28.3 Å². The lowest BCUT2D eigenvalue weighted by molar-refractivity contribution is -0.115. The number of fused-ring (bicyclic) bond motifs is 1. The Hall–Kier alpha value is -2.72. The van der Waals surface area contributed by atoms with Gasteiger partial charge in [-0.3, -0.25) is 4.79 Å². The number of ether oxygens (including phenoxy) is 2. The smallest absolute Gasteiger partial charge is 0.173 e. The van der Waals surface area contributed by atoms with Crippen LogP contribution in [0.15, 0.2) is 42.0 Å². The van der Waals surface area contributed by atoms with Gasteiger partial charge in [-0.05, 0) is 66.3 Å². The number of anilines is 1. The number of aliphatic hydroxyl groups is 1. The molecule has 0 saturated carbocycles. The third-order valence-electron chi connectivity index (χ3n) is 5.60. The molecule has 32 heavy (non-hydrogen) atoms. The summed E-state index contributed by atoms with van der Waals surface area (Å²) in [6.07, 6.45) is 6.30. The maximum Gasteiger partial charge on any atom is 0.173 e. The molecule has 0 bridgehead atoms. The molecule has 1 aliphatic heterocycles. The Morgan fingerprint density at radius 3 is 2.47 bits per heavy atom. The largest absolute Gasteiger partial charge is 0.394 e. The minimum Gasteiger partial charge on any atom is -0.394 e. The molecule has 6 nitrogen and oxygen atoms in total. The van der Waals surface area contributed by atoms with Crippen molar-refractivity contribution in [2.24, 2.45) is 0 Å². The van der Waals surface area contributed by atoms with Gasteiger partial charge in [-0.2, -0.15) is 5.26 Å². The van der Waals surface area contributed by atoms with Crippen LogP contribution < -0.4 is 4.90 Å². The second kappa shape index (κ2) is 13.0. The van der Waals surface area contributed by atoms with Gasteiger partial charge in [0.15, 0.2) is 5.78 Å². The number of allylic oxidation sites excluding steroid dienone is 1. The van der Waals surface area contributed by atoms with Crippen LogP contribution in [0.5, 0.6) is 0 Å². The van der Waals surface area contributed by atoms with Crippen LogP contribution in [0.3, 0.4) is 0 Å². The molecule has 1 fully saturated rings. The first-order valence-electron chi connectivity index (χ1n) is 11.4. The first-order chi connectivity index (χ1) is 15.7. The van der Waals surface area contributed by atoms with Crippen LogP contribution in [0.25, 0.3) is 16.8 Å². The van der Waals surface area contributed by atoms with Crippen molar-refractivity contribution in [1.82, 2.24) is 0 Å². The summed E-state index contributed by atoms with van der Waals surface area (Å²) in [6.45, 7) is 3.79. The van der Waals surface area contributed by atoms with Crippen molar-refractivity contribution < 1.29 is 19.4 Å². The number of benzene rings is 2. The molecule has 6 heteroatoms. The van der Waals surface area contributed by atoms with E-state index in [0.29, 0.717) is 32.8 Å². The number of Topliss-reactive ketones (excluding diaryl/α,β-unsaturated/α-hetero) is 1. The molecule has 0 amide bonds. The van der Waals surface area contributed by atoms with E-state index in [2.05, 4.69) is 29.2 Å². The minimum atomic E-state index is -0.173. The van der Waals surface area contributed by atoms with Gasteiger partial charge >= 0.3 is 0 Å². The fraction of sp³-hybridized carbons (Fsp3) is 0.462. The zero-order chi connectivity index (χ0) is 22.6. The molecular weight excluding hydrogens is 404 g/mol. The Labute approximate surface area is 190 Å². The van der Waals surface area contributed by atoms with Crippen LogP contribution in [0.1, 0.15) is 37.7 Å². The number of carbonyl (C=O) groups is 1. The maximum atomic E-state index is 12.4. The lowest BCUT2D eigenvalue weighted by atomic mass is 10.0. The highest BCUT2D eigenvalue weighted by molar-refractivity contribution is 6.03. The zero-order valence-electron chi connectivity index (χ0n) is 18.6. The van der Waals surface area contributed by atoms with E-state index < -0.39 is 0 Å². The minimum absolute atomic E-state index is 0.00534. The SMILES string of the molecule is N#C/C(=C\c1ccc2cc(N3CCCCC3)ccc2c1)C(=O)CCCOCCOCCO. The second-order valence-corrected chi connectivity index (χ2v) is 7.98. The summed E-state index contributed by atoms with van der Waals surface area (Å²) >= 11 is 0. The first kappa shape index (κ1) is 23.9. The molecule has 0 atom stereocenters. The summed E-state index contributed by atoms with van der Waals surface area (Å²) in [5, 5.41) is 20.3. The number of piperidine rings is 1. The van der Waals surface area contributed by atoms with E-state index >= 15 is 0 Å². The molecule has 0 aliphatic carbocycles. The van der Waals surface area contributed by atoms with E-state index in [1.54, 1.807) is 6.08 Å². The monoisotopic (exact) mass is 436 g/mol. The van der Waals surface area contributed by atoms with Gasteiger partial charge in [-0.15, -0.1) is 0 Å². The number of nitriles is 1. The summed E-state index contributed by atoms with van der Waals surface area (Å²) in [5.74, 6) is -0.173. The third-order valence-corrected chi connectivity index (χ3v) is 5.60. The average Bonchev–Trinajstić information content (AvgIpc) is 2.84. The molecule has 1 aliphatic rings. The van der Waals surface area contributed by atoms with Crippen LogP contribution in [-0.2, 0) is 14.3 Å². The molecular formula is C26H32N2O4. The van der Waals surface area contributed by atoms with E-state index in [1.807, 2.05) is 18.2 Å². The van der Waals surface area contributed by atoms with Gasteiger partial charge in [-0.25, -0.2) is 0 Å².